The summed E-state index contributed by atoms with van der Waals surface area (Å²) in [5.74, 6) is -1.51. The largest absolute Gasteiger partial charge is 0.507 e. The van der Waals surface area contributed by atoms with Gasteiger partial charge >= 0.3 is 5.97 Å². The summed E-state index contributed by atoms with van der Waals surface area (Å²) in [6.07, 6.45) is 9.42. The molecule has 0 aliphatic heterocycles. The van der Waals surface area contributed by atoms with Gasteiger partial charge in [0.2, 0.25) is 0 Å². The van der Waals surface area contributed by atoms with E-state index in [2.05, 4.69) is 32.0 Å². The molecule has 1 aromatic carbocycles. The lowest BCUT2D eigenvalue weighted by Crippen LogP contribution is -2.05. The summed E-state index contributed by atoms with van der Waals surface area (Å²) in [4.78, 5) is 23.0. The second kappa shape index (κ2) is 11.3. The second-order valence-corrected chi connectivity index (χ2v) is 7.19. The van der Waals surface area contributed by atoms with Gasteiger partial charge in [0.05, 0.1) is 0 Å². The normalized spacial score (nSPS) is 11.3. The molecule has 0 saturated carbocycles. The number of rotatable bonds is 11. The Hall–Kier alpha value is -2.43. The summed E-state index contributed by atoms with van der Waals surface area (Å²) in [5.41, 5.74) is 3.14. The minimum atomic E-state index is -1.18. The van der Waals surface area contributed by atoms with Crippen molar-refractivity contribution >= 4 is 11.7 Å². The zero-order chi connectivity index (χ0) is 20.4. The van der Waals surface area contributed by atoms with Crippen molar-refractivity contribution in [3.8, 4) is 5.75 Å². The Morgan fingerprint density at radius 2 is 1.89 bits per heavy atom. The van der Waals surface area contributed by atoms with Crippen molar-refractivity contribution in [1.82, 2.24) is 0 Å². The number of carboxylic acid groups (broad SMARTS) is 1. The smallest absolute Gasteiger partial charge is 0.339 e. The summed E-state index contributed by atoms with van der Waals surface area (Å²) in [6, 6.07) is 1.52. The predicted octanol–water partition coefficient (Wildman–Crippen LogP) is 6.46. The molecule has 0 heterocycles. The summed E-state index contributed by atoms with van der Waals surface area (Å²) < 4.78 is 0. The zero-order valence-corrected chi connectivity index (χ0v) is 16.8. The molecule has 1 aromatic rings. The highest BCUT2D eigenvalue weighted by atomic mass is 16.4. The Kier molecular flexibility index (Phi) is 9.48. The second-order valence-electron chi connectivity index (χ2n) is 7.19. The van der Waals surface area contributed by atoms with Crippen LogP contribution in [0.1, 0.15) is 81.3 Å². The van der Waals surface area contributed by atoms with Gasteiger partial charge in [0.1, 0.15) is 17.0 Å². The number of carbonyl (C=O) groups is 1. The highest BCUT2D eigenvalue weighted by Gasteiger charge is 2.22. The van der Waals surface area contributed by atoms with E-state index in [4.69, 9.17) is 0 Å². The standard InChI is InChI=1S/C22H31NO4/c1-5-6-7-11-17-14-19(23-27)18(21(24)20(17)22(25)26)13-12-16(4)10-8-9-15(2)3/h9,12,14,24H,5-8,10-11,13H2,1-4H3,(H,25,26)/b16-12+. The maximum atomic E-state index is 11.7. The first-order valence-electron chi connectivity index (χ1n) is 9.55. The first kappa shape index (κ1) is 22.6. The molecule has 148 valence electrons. The van der Waals surface area contributed by atoms with Crippen LogP contribution in [0, 0.1) is 4.91 Å². The van der Waals surface area contributed by atoms with E-state index in [0.29, 0.717) is 12.0 Å². The van der Waals surface area contributed by atoms with Crippen LogP contribution in [0.5, 0.6) is 5.75 Å². The van der Waals surface area contributed by atoms with Crippen LogP contribution >= 0.6 is 0 Å². The zero-order valence-electron chi connectivity index (χ0n) is 16.8. The van der Waals surface area contributed by atoms with Gasteiger partial charge in [-0.15, -0.1) is 4.91 Å². The SMILES string of the molecule is CCCCCc1cc(N=O)c(C/C=C(\C)CCC=C(C)C)c(O)c1C(=O)O. The molecule has 0 radical (unpaired) electrons. The lowest BCUT2D eigenvalue weighted by Gasteiger charge is -2.13. The van der Waals surface area contributed by atoms with Crippen LogP contribution in [-0.2, 0) is 12.8 Å². The molecule has 2 N–H and O–H groups in total. The maximum absolute atomic E-state index is 11.7. The van der Waals surface area contributed by atoms with Crippen molar-refractivity contribution in [3.05, 3.63) is 51.0 Å². The van der Waals surface area contributed by atoms with E-state index in [-0.39, 0.29) is 29.0 Å². The number of aromatic carboxylic acids is 1. The molecule has 0 saturated heterocycles. The average molecular weight is 373 g/mol. The van der Waals surface area contributed by atoms with E-state index in [9.17, 15) is 19.9 Å². The van der Waals surface area contributed by atoms with E-state index in [1.807, 2.05) is 13.0 Å². The number of allylic oxidation sites excluding steroid dienone is 4. The summed E-state index contributed by atoms with van der Waals surface area (Å²) in [5, 5.41) is 23.1. The van der Waals surface area contributed by atoms with Crippen LogP contribution in [0.3, 0.4) is 0 Å². The molecular formula is C22H31NO4. The van der Waals surface area contributed by atoms with Gasteiger partial charge in [0.15, 0.2) is 0 Å². The lowest BCUT2D eigenvalue weighted by atomic mass is 9.94. The van der Waals surface area contributed by atoms with Gasteiger partial charge < -0.3 is 10.2 Å². The van der Waals surface area contributed by atoms with E-state index in [1.165, 1.54) is 11.6 Å². The Labute approximate surface area is 161 Å². The van der Waals surface area contributed by atoms with Crippen molar-refractivity contribution < 1.29 is 15.0 Å². The highest BCUT2D eigenvalue weighted by molar-refractivity contribution is 5.94. The third kappa shape index (κ3) is 7.00. The van der Waals surface area contributed by atoms with Crippen LogP contribution in [0.4, 0.5) is 5.69 Å². The van der Waals surface area contributed by atoms with E-state index < -0.39 is 5.97 Å². The number of aromatic hydroxyl groups is 1. The van der Waals surface area contributed by atoms with Crippen LogP contribution in [0.25, 0.3) is 0 Å². The molecule has 0 fully saturated rings. The van der Waals surface area contributed by atoms with Gasteiger partial charge in [-0.2, -0.15) is 0 Å². The summed E-state index contributed by atoms with van der Waals surface area (Å²) in [7, 11) is 0. The Balaban J connectivity index is 3.15. The number of nitrogens with zero attached hydrogens (tertiary/aromatic N) is 1. The topological polar surface area (TPSA) is 87.0 Å². The third-order valence-corrected chi connectivity index (χ3v) is 4.57. The Bertz CT molecular complexity index is 728. The fraction of sp³-hybridized carbons (Fsp3) is 0.500. The average Bonchev–Trinajstić information content (AvgIpc) is 2.59. The van der Waals surface area contributed by atoms with E-state index in [0.717, 1.165) is 37.7 Å². The number of benzene rings is 1. The van der Waals surface area contributed by atoms with Crippen molar-refractivity contribution in [2.24, 2.45) is 5.18 Å². The van der Waals surface area contributed by atoms with Gasteiger partial charge in [-0.3, -0.25) is 0 Å². The van der Waals surface area contributed by atoms with Crippen LogP contribution in [-0.4, -0.2) is 16.2 Å². The fourth-order valence-corrected chi connectivity index (χ4v) is 3.00. The minimum absolute atomic E-state index is 0.107. The van der Waals surface area contributed by atoms with Crippen LogP contribution in [0.15, 0.2) is 34.5 Å². The molecule has 0 bridgehead atoms. The number of phenols is 1. The lowest BCUT2D eigenvalue weighted by molar-refractivity contribution is 0.0692. The molecule has 0 amide bonds. The molecule has 5 nitrogen and oxygen atoms in total. The molecule has 0 aliphatic carbocycles. The molecule has 0 spiro atoms. The van der Waals surface area contributed by atoms with Gasteiger partial charge in [-0.25, -0.2) is 4.79 Å². The first-order valence-corrected chi connectivity index (χ1v) is 9.55. The fourth-order valence-electron chi connectivity index (χ4n) is 3.00. The van der Waals surface area contributed by atoms with Crippen LogP contribution in [0.2, 0.25) is 0 Å². The van der Waals surface area contributed by atoms with Crippen molar-refractivity contribution in [2.75, 3.05) is 0 Å². The predicted molar refractivity (Wildman–Crippen MR) is 110 cm³/mol. The molecular weight excluding hydrogens is 342 g/mol. The van der Waals surface area contributed by atoms with Gasteiger partial charge in [0.25, 0.3) is 0 Å². The molecule has 0 aromatic heterocycles. The number of hydrogen-bond donors (Lipinski definition) is 2. The van der Waals surface area contributed by atoms with Crippen molar-refractivity contribution in [1.29, 1.82) is 0 Å². The Morgan fingerprint density at radius 3 is 2.44 bits per heavy atom. The van der Waals surface area contributed by atoms with Gasteiger partial charge in [-0.05, 0) is 69.7 Å². The molecule has 0 unspecified atom stereocenters. The number of nitroso groups, excluding NO2 is 1. The summed E-state index contributed by atoms with van der Waals surface area (Å²) in [6.45, 7) is 8.15. The molecule has 0 atom stereocenters. The minimum Gasteiger partial charge on any atom is -0.507 e. The maximum Gasteiger partial charge on any atom is 0.339 e. The number of hydrogen-bond acceptors (Lipinski definition) is 4. The van der Waals surface area contributed by atoms with Crippen LogP contribution < -0.4 is 0 Å². The first-order chi connectivity index (χ1) is 12.8. The highest BCUT2D eigenvalue weighted by Crippen LogP contribution is 2.36. The monoisotopic (exact) mass is 373 g/mol. The van der Waals surface area contributed by atoms with Gasteiger partial charge in [0, 0.05) is 5.56 Å². The molecule has 1 rings (SSSR count). The Morgan fingerprint density at radius 1 is 1.19 bits per heavy atom. The van der Waals surface area contributed by atoms with Gasteiger partial charge in [-0.1, -0.05) is 43.1 Å². The molecule has 0 aliphatic rings. The van der Waals surface area contributed by atoms with E-state index in [1.54, 1.807) is 0 Å². The number of unbranched alkanes of at least 4 members (excludes halogenated alkanes) is 2. The van der Waals surface area contributed by atoms with Crippen molar-refractivity contribution in [2.45, 2.75) is 72.6 Å². The molecule has 27 heavy (non-hydrogen) atoms. The quantitative estimate of drug-likeness (QED) is 0.265. The number of carboxylic acids is 1. The third-order valence-electron chi connectivity index (χ3n) is 4.57. The summed E-state index contributed by atoms with van der Waals surface area (Å²) >= 11 is 0. The molecule has 5 heteroatoms. The number of aryl methyl sites for hydroxylation is 1. The van der Waals surface area contributed by atoms with Crippen molar-refractivity contribution in [3.63, 3.8) is 0 Å². The van der Waals surface area contributed by atoms with E-state index >= 15 is 0 Å².